The van der Waals surface area contributed by atoms with Crippen LogP contribution >= 0.6 is 0 Å². The van der Waals surface area contributed by atoms with Crippen LogP contribution in [0.15, 0.2) is 24.3 Å². The number of nitrogens with zero attached hydrogens (tertiary/aromatic N) is 1. The van der Waals surface area contributed by atoms with Gasteiger partial charge in [-0.05, 0) is 57.2 Å². The van der Waals surface area contributed by atoms with Gasteiger partial charge in [-0.2, -0.15) is 0 Å². The molecular formula is C19H27N3O4. The van der Waals surface area contributed by atoms with Crippen LogP contribution in [0.1, 0.15) is 49.9 Å². The molecule has 1 heterocycles. The molecule has 0 bridgehead atoms. The summed E-state index contributed by atoms with van der Waals surface area (Å²) in [6.45, 7) is 5.00. The van der Waals surface area contributed by atoms with Crippen molar-refractivity contribution >= 4 is 23.6 Å². The van der Waals surface area contributed by atoms with E-state index in [1.165, 1.54) is 0 Å². The Kier molecular flexibility index (Phi) is 7.00. The number of carbonyl (C=O) groups excluding carboxylic acids is 2. The van der Waals surface area contributed by atoms with Crippen LogP contribution in [-0.4, -0.2) is 47.0 Å². The Morgan fingerprint density at radius 3 is 2.77 bits per heavy atom. The molecule has 3 N–H and O–H groups in total. The van der Waals surface area contributed by atoms with Gasteiger partial charge >= 0.3 is 12.0 Å². The number of aliphatic carboxylic acids is 1. The maximum atomic E-state index is 12.8. The van der Waals surface area contributed by atoms with Crippen LogP contribution in [0.25, 0.3) is 0 Å². The molecular weight excluding hydrogens is 334 g/mol. The van der Waals surface area contributed by atoms with E-state index in [2.05, 4.69) is 10.6 Å². The number of hydrogen-bond donors (Lipinski definition) is 3. The number of anilines is 1. The van der Waals surface area contributed by atoms with Crippen molar-refractivity contribution in [1.29, 1.82) is 0 Å². The zero-order valence-corrected chi connectivity index (χ0v) is 15.3. The fourth-order valence-electron chi connectivity index (χ4n) is 3.15. The van der Waals surface area contributed by atoms with Crippen molar-refractivity contribution in [3.05, 3.63) is 29.8 Å². The van der Waals surface area contributed by atoms with E-state index in [0.29, 0.717) is 30.8 Å². The molecule has 1 atom stereocenters. The highest BCUT2D eigenvalue weighted by Gasteiger charge is 2.25. The van der Waals surface area contributed by atoms with E-state index in [1.54, 1.807) is 29.2 Å². The molecule has 7 nitrogen and oxygen atoms in total. The molecule has 1 unspecified atom stereocenters. The predicted molar refractivity (Wildman–Crippen MR) is 99.2 cm³/mol. The lowest BCUT2D eigenvalue weighted by atomic mass is 9.93. The van der Waals surface area contributed by atoms with Crippen LogP contribution in [0.4, 0.5) is 10.5 Å². The second-order valence-corrected chi connectivity index (χ2v) is 7.03. The molecule has 0 spiro atoms. The van der Waals surface area contributed by atoms with Gasteiger partial charge in [-0.25, -0.2) is 4.79 Å². The first kappa shape index (κ1) is 19.8. The minimum absolute atomic E-state index is 0.0240. The van der Waals surface area contributed by atoms with Gasteiger partial charge in [0.05, 0.1) is 0 Å². The molecule has 1 saturated heterocycles. The summed E-state index contributed by atoms with van der Waals surface area (Å²) in [4.78, 5) is 37.1. The molecule has 1 aromatic carbocycles. The molecule has 1 aliphatic heterocycles. The molecule has 1 fully saturated rings. The van der Waals surface area contributed by atoms with Crippen molar-refractivity contribution in [3.63, 3.8) is 0 Å². The van der Waals surface area contributed by atoms with Crippen LogP contribution in [-0.2, 0) is 4.79 Å². The molecule has 0 radical (unpaired) electrons. The summed E-state index contributed by atoms with van der Waals surface area (Å²) in [6, 6.07) is 6.59. The third-order valence-electron chi connectivity index (χ3n) is 4.36. The lowest BCUT2D eigenvalue weighted by Crippen LogP contribution is -2.40. The van der Waals surface area contributed by atoms with Gasteiger partial charge in [-0.15, -0.1) is 0 Å². The largest absolute Gasteiger partial charge is 0.481 e. The van der Waals surface area contributed by atoms with Gasteiger partial charge in [0.25, 0.3) is 5.91 Å². The molecule has 1 aromatic rings. The number of carbonyl (C=O) groups is 3. The third-order valence-corrected chi connectivity index (χ3v) is 4.36. The summed E-state index contributed by atoms with van der Waals surface area (Å²) in [5.41, 5.74) is 1.08. The Balaban J connectivity index is 1.99. The highest BCUT2D eigenvalue weighted by Crippen LogP contribution is 2.23. The molecule has 142 valence electrons. The fraction of sp³-hybridized carbons (Fsp3) is 0.526. The smallest absolute Gasteiger partial charge is 0.319 e. The summed E-state index contributed by atoms with van der Waals surface area (Å²) in [6.07, 6.45) is 2.56. The molecule has 26 heavy (non-hydrogen) atoms. The summed E-state index contributed by atoms with van der Waals surface area (Å²) in [5.74, 6) is -0.660. The molecule has 0 aromatic heterocycles. The Bertz CT molecular complexity index is 660. The Morgan fingerprint density at radius 1 is 1.31 bits per heavy atom. The van der Waals surface area contributed by atoms with E-state index in [1.807, 2.05) is 13.8 Å². The van der Waals surface area contributed by atoms with Crippen molar-refractivity contribution in [2.45, 2.75) is 45.6 Å². The first-order chi connectivity index (χ1) is 12.3. The normalized spacial score (nSPS) is 17.0. The van der Waals surface area contributed by atoms with Gasteiger partial charge in [-0.1, -0.05) is 6.07 Å². The van der Waals surface area contributed by atoms with Crippen LogP contribution in [0.3, 0.4) is 0 Å². The van der Waals surface area contributed by atoms with E-state index >= 15 is 0 Å². The summed E-state index contributed by atoms with van der Waals surface area (Å²) in [5, 5.41) is 14.3. The molecule has 2 rings (SSSR count). The van der Waals surface area contributed by atoms with Crippen molar-refractivity contribution < 1.29 is 19.5 Å². The van der Waals surface area contributed by atoms with Gasteiger partial charge in [0.2, 0.25) is 0 Å². The monoisotopic (exact) mass is 361 g/mol. The number of amides is 3. The van der Waals surface area contributed by atoms with E-state index in [4.69, 9.17) is 5.11 Å². The Morgan fingerprint density at radius 2 is 2.08 bits per heavy atom. The second kappa shape index (κ2) is 9.22. The fourth-order valence-corrected chi connectivity index (χ4v) is 3.15. The van der Waals surface area contributed by atoms with E-state index < -0.39 is 5.97 Å². The number of benzene rings is 1. The molecule has 0 aliphatic carbocycles. The van der Waals surface area contributed by atoms with E-state index in [-0.39, 0.29) is 30.3 Å². The summed E-state index contributed by atoms with van der Waals surface area (Å²) in [7, 11) is 0. The van der Waals surface area contributed by atoms with Crippen molar-refractivity contribution in [2.75, 3.05) is 18.4 Å². The van der Waals surface area contributed by atoms with Gasteiger partial charge in [0.1, 0.15) is 0 Å². The van der Waals surface area contributed by atoms with Crippen molar-refractivity contribution in [3.8, 4) is 0 Å². The van der Waals surface area contributed by atoms with E-state index in [9.17, 15) is 14.4 Å². The lowest BCUT2D eigenvalue weighted by molar-refractivity contribution is -0.137. The number of nitrogens with one attached hydrogen (secondary N) is 2. The highest BCUT2D eigenvalue weighted by atomic mass is 16.4. The topological polar surface area (TPSA) is 98.7 Å². The van der Waals surface area contributed by atoms with Crippen molar-refractivity contribution in [2.24, 2.45) is 5.92 Å². The van der Waals surface area contributed by atoms with Gasteiger partial charge in [0.15, 0.2) is 0 Å². The standard InChI is InChI=1S/C19H27N3O4/c1-13(2)20-19(26)21-16-7-3-6-15(11-16)18(25)22-10-4-5-14(12-22)8-9-17(23)24/h3,6-7,11,13-14H,4-5,8-10,12H2,1-2H3,(H,23,24)(H2,20,21,26). The number of piperidine rings is 1. The van der Waals surface area contributed by atoms with Crippen LogP contribution in [0, 0.1) is 5.92 Å². The van der Waals surface area contributed by atoms with Gasteiger partial charge in [-0.3, -0.25) is 9.59 Å². The van der Waals surface area contributed by atoms with Crippen LogP contribution in [0.2, 0.25) is 0 Å². The number of likely N-dealkylation sites (tertiary alicyclic amines) is 1. The lowest BCUT2D eigenvalue weighted by Gasteiger charge is -2.32. The quantitative estimate of drug-likeness (QED) is 0.725. The molecule has 1 aliphatic rings. The number of carboxylic acids is 1. The number of hydrogen-bond acceptors (Lipinski definition) is 3. The zero-order chi connectivity index (χ0) is 19.1. The van der Waals surface area contributed by atoms with Gasteiger partial charge < -0.3 is 20.6 Å². The van der Waals surface area contributed by atoms with E-state index in [0.717, 1.165) is 12.8 Å². The van der Waals surface area contributed by atoms with Crippen LogP contribution in [0.5, 0.6) is 0 Å². The minimum atomic E-state index is -0.799. The first-order valence-electron chi connectivity index (χ1n) is 9.04. The SMILES string of the molecule is CC(C)NC(=O)Nc1cccc(C(=O)N2CCCC(CCC(=O)O)C2)c1. The maximum Gasteiger partial charge on any atom is 0.319 e. The predicted octanol–water partition coefficient (Wildman–Crippen LogP) is 2.93. The summed E-state index contributed by atoms with van der Waals surface area (Å²) >= 11 is 0. The van der Waals surface area contributed by atoms with Crippen LogP contribution < -0.4 is 10.6 Å². The number of carboxylic acid groups (broad SMARTS) is 1. The second-order valence-electron chi connectivity index (χ2n) is 7.03. The third kappa shape index (κ3) is 6.06. The summed E-state index contributed by atoms with van der Waals surface area (Å²) < 4.78 is 0. The average Bonchev–Trinajstić information content (AvgIpc) is 2.59. The molecule has 7 heteroatoms. The Labute approximate surface area is 153 Å². The Hall–Kier alpha value is -2.57. The first-order valence-corrected chi connectivity index (χ1v) is 9.04. The minimum Gasteiger partial charge on any atom is -0.481 e. The van der Waals surface area contributed by atoms with Crippen molar-refractivity contribution in [1.82, 2.24) is 10.2 Å². The maximum absolute atomic E-state index is 12.8. The highest BCUT2D eigenvalue weighted by molar-refractivity contribution is 5.97. The average molecular weight is 361 g/mol. The number of urea groups is 1. The molecule has 3 amide bonds. The van der Waals surface area contributed by atoms with Gasteiger partial charge in [0, 0.05) is 36.8 Å². The molecule has 0 saturated carbocycles. The zero-order valence-electron chi connectivity index (χ0n) is 15.3. The number of rotatable bonds is 6.